The number of hydrogen-bond acceptors (Lipinski definition) is 3. The van der Waals surface area contributed by atoms with E-state index in [0.717, 1.165) is 31.5 Å². The minimum Gasteiger partial charge on any atom is -0.489 e. The Hall–Kier alpha value is -1.35. The van der Waals surface area contributed by atoms with Crippen LogP contribution in [-0.4, -0.2) is 37.4 Å². The van der Waals surface area contributed by atoms with Crippen molar-refractivity contribution in [3.63, 3.8) is 0 Å². The van der Waals surface area contributed by atoms with Gasteiger partial charge in [0.25, 0.3) is 0 Å². The number of rotatable bonds is 3. The lowest BCUT2D eigenvalue weighted by molar-refractivity contribution is 0.112. The third kappa shape index (κ3) is 3.56. The SMILES string of the molecule is CN1CCCCC(Oc2ccc(C=O)cc2)C1. The lowest BCUT2D eigenvalue weighted by atomic mass is 10.2. The highest BCUT2D eigenvalue weighted by molar-refractivity contribution is 5.74. The van der Waals surface area contributed by atoms with Gasteiger partial charge >= 0.3 is 0 Å². The van der Waals surface area contributed by atoms with E-state index in [1.54, 1.807) is 12.1 Å². The molecule has 0 saturated carbocycles. The predicted octanol–water partition coefficient (Wildman–Crippen LogP) is 2.36. The van der Waals surface area contributed by atoms with Gasteiger partial charge < -0.3 is 9.64 Å². The summed E-state index contributed by atoms with van der Waals surface area (Å²) in [6.07, 6.45) is 4.70. The topological polar surface area (TPSA) is 29.5 Å². The lowest BCUT2D eigenvalue weighted by Crippen LogP contribution is -2.31. The lowest BCUT2D eigenvalue weighted by Gasteiger charge is -2.21. The minimum atomic E-state index is 0.268. The number of ether oxygens (including phenoxy) is 1. The van der Waals surface area contributed by atoms with Crippen LogP contribution < -0.4 is 4.74 Å². The van der Waals surface area contributed by atoms with Crippen LogP contribution in [0, 0.1) is 0 Å². The van der Waals surface area contributed by atoms with Gasteiger partial charge in [0.05, 0.1) is 0 Å². The molecule has 0 radical (unpaired) electrons. The summed E-state index contributed by atoms with van der Waals surface area (Å²) >= 11 is 0. The summed E-state index contributed by atoms with van der Waals surface area (Å²) in [7, 11) is 2.14. The monoisotopic (exact) mass is 233 g/mol. The largest absolute Gasteiger partial charge is 0.489 e. The van der Waals surface area contributed by atoms with E-state index in [2.05, 4.69) is 11.9 Å². The Morgan fingerprint density at radius 2 is 2.06 bits per heavy atom. The number of aldehydes is 1. The maximum atomic E-state index is 10.5. The van der Waals surface area contributed by atoms with Crippen molar-refractivity contribution in [3.8, 4) is 5.75 Å². The van der Waals surface area contributed by atoms with Gasteiger partial charge in [-0.25, -0.2) is 0 Å². The zero-order valence-corrected chi connectivity index (χ0v) is 10.3. The van der Waals surface area contributed by atoms with E-state index in [9.17, 15) is 4.79 Å². The first kappa shape index (κ1) is 12.1. The van der Waals surface area contributed by atoms with Crippen LogP contribution in [0.15, 0.2) is 24.3 Å². The molecule has 0 spiro atoms. The minimum absolute atomic E-state index is 0.268. The van der Waals surface area contributed by atoms with Gasteiger partial charge in [0, 0.05) is 12.1 Å². The molecule has 17 heavy (non-hydrogen) atoms. The van der Waals surface area contributed by atoms with Gasteiger partial charge in [-0.1, -0.05) is 0 Å². The fraction of sp³-hybridized carbons (Fsp3) is 0.500. The third-order valence-corrected chi connectivity index (χ3v) is 3.15. The average molecular weight is 233 g/mol. The molecule has 2 rings (SSSR count). The van der Waals surface area contributed by atoms with E-state index in [-0.39, 0.29) is 6.10 Å². The molecule has 0 aromatic heterocycles. The summed E-state index contributed by atoms with van der Waals surface area (Å²) in [6, 6.07) is 7.33. The molecule has 3 heteroatoms. The quantitative estimate of drug-likeness (QED) is 0.751. The number of likely N-dealkylation sites (tertiary alicyclic amines) is 1. The average Bonchev–Trinajstić information content (AvgIpc) is 2.55. The fourth-order valence-electron chi connectivity index (χ4n) is 2.20. The van der Waals surface area contributed by atoms with Crippen LogP contribution in [-0.2, 0) is 0 Å². The predicted molar refractivity (Wildman–Crippen MR) is 67.6 cm³/mol. The molecule has 1 fully saturated rings. The Morgan fingerprint density at radius 1 is 1.29 bits per heavy atom. The third-order valence-electron chi connectivity index (χ3n) is 3.15. The Labute approximate surface area is 102 Å². The van der Waals surface area contributed by atoms with Crippen molar-refractivity contribution in [3.05, 3.63) is 29.8 Å². The van der Waals surface area contributed by atoms with Gasteiger partial charge in [-0.2, -0.15) is 0 Å². The molecule has 1 aromatic carbocycles. The molecule has 1 aromatic rings. The summed E-state index contributed by atoms with van der Waals surface area (Å²) in [5.74, 6) is 0.857. The van der Waals surface area contributed by atoms with Gasteiger partial charge in [-0.05, 0) is 57.1 Å². The summed E-state index contributed by atoms with van der Waals surface area (Å²) < 4.78 is 5.95. The first-order chi connectivity index (χ1) is 8.28. The Kier molecular flexibility index (Phi) is 4.15. The Morgan fingerprint density at radius 3 is 2.76 bits per heavy atom. The van der Waals surface area contributed by atoms with Gasteiger partial charge in [0.2, 0.25) is 0 Å². The van der Waals surface area contributed by atoms with E-state index in [1.165, 1.54) is 12.8 Å². The second-order valence-corrected chi connectivity index (χ2v) is 4.68. The smallest absolute Gasteiger partial charge is 0.150 e. The molecule has 1 aliphatic rings. The van der Waals surface area contributed by atoms with Crippen LogP contribution in [0.3, 0.4) is 0 Å². The van der Waals surface area contributed by atoms with E-state index in [4.69, 9.17) is 4.74 Å². The molecule has 1 unspecified atom stereocenters. The second kappa shape index (κ2) is 5.82. The number of benzene rings is 1. The van der Waals surface area contributed by atoms with E-state index < -0.39 is 0 Å². The molecule has 0 bridgehead atoms. The summed E-state index contributed by atoms with van der Waals surface area (Å²) in [5, 5.41) is 0. The molecule has 1 saturated heterocycles. The first-order valence-corrected chi connectivity index (χ1v) is 6.18. The van der Waals surface area contributed by atoms with Crippen LogP contribution in [0.5, 0.6) is 5.75 Å². The maximum Gasteiger partial charge on any atom is 0.150 e. The van der Waals surface area contributed by atoms with Gasteiger partial charge in [-0.15, -0.1) is 0 Å². The zero-order chi connectivity index (χ0) is 12.1. The summed E-state index contributed by atoms with van der Waals surface area (Å²) in [4.78, 5) is 12.9. The van der Waals surface area contributed by atoms with Gasteiger partial charge in [0.1, 0.15) is 18.1 Å². The normalized spacial score (nSPS) is 21.8. The molecule has 1 heterocycles. The summed E-state index contributed by atoms with van der Waals surface area (Å²) in [5.41, 5.74) is 0.690. The fourth-order valence-corrected chi connectivity index (χ4v) is 2.20. The highest BCUT2D eigenvalue weighted by Crippen LogP contribution is 2.18. The Balaban J connectivity index is 1.96. The number of carbonyl (C=O) groups excluding carboxylic acids is 1. The van der Waals surface area contributed by atoms with Crippen molar-refractivity contribution in [1.29, 1.82) is 0 Å². The number of nitrogens with zero attached hydrogens (tertiary/aromatic N) is 1. The number of hydrogen-bond donors (Lipinski definition) is 0. The van der Waals surface area contributed by atoms with E-state index in [0.29, 0.717) is 5.56 Å². The standard InChI is InChI=1S/C14H19NO2/c1-15-9-3-2-4-14(10-15)17-13-7-5-12(11-16)6-8-13/h5-8,11,14H,2-4,9-10H2,1H3. The molecule has 0 N–H and O–H groups in total. The first-order valence-electron chi connectivity index (χ1n) is 6.18. The van der Waals surface area contributed by atoms with Gasteiger partial charge in [0.15, 0.2) is 0 Å². The van der Waals surface area contributed by atoms with Crippen LogP contribution in [0.4, 0.5) is 0 Å². The zero-order valence-electron chi connectivity index (χ0n) is 10.3. The molecular formula is C14H19NO2. The van der Waals surface area contributed by atoms with Crippen molar-refractivity contribution in [2.75, 3.05) is 20.1 Å². The highest BCUT2D eigenvalue weighted by atomic mass is 16.5. The molecule has 3 nitrogen and oxygen atoms in total. The molecule has 1 atom stereocenters. The molecule has 92 valence electrons. The number of carbonyl (C=O) groups is 1. The van der Waals surface area contributed by atoms with Crippen LogP contribution in [0.25, 0.3) is 0 Å². The highest BCUT2D eigenvalue weighted by Gasteiger charge is 2.16. The van der Waals surface area contributed by atoms with Crippen LogP contribution in [0.2, 0.25) is 0 Å². The van der Waals surface area contributed by atoms with Crippen molar-refractivity contribution >= 4 is 6.29 Å². The van der Waals surface area contributed by atoms with Crippen molar-refractivity contribution < 1.29 is 9.53 Å². The van der Waals surface area contributed by atoms with Crippen molar-refractivity contribution in [1.82, 2.24) is 4.90 Å². The van der Waals surface area contributed by atoms with E-state index >= 15 is 0 Å². The summed E-state index contributed by atoms with van der Waals surface area (Å²) in [6.45, 7) is 2.14. The van der Waals surface area contributed by atoms with Crippen molar-refractivity contribution in [2.45, 2.75) is 25.4 Å². The maximum absolute atomic E-state index is 10.5. The van der Waals surface area contributed by atoms with E-state index in [1.807, 2.05) is 12.1 Å². The van der Waals surface area contributed by atoms with Crippen LogP contribution >= 0.6 is 0 Å². The Bertz CT molecular complexity index is 361. The molecule has 1 aliphatic heterocycles. The van der Waals surface area contributed by atoms with Gasteiger partial charge in [-0.3, -0.25) is 4.79 Å². The molecular weight excluding hydrogens is 214 g/mol. The molecule has 0 aliphatic carbocycles. The van der Waals surface area contributed by atoms with Crippen molar-refractivity contribution in [2.24, 2.45) is 0 Å². The van der Waals surface area contributed by atoms with Crippen LogP contribution in [0.1, 0.15) is 29.6 Å². The number of likely N-dealkylation sites (N-methyl/N-ethyl adjacent to an activating group) is 1. The molecule has 0 amide bonds. The second-order valence-electron chi connectivity index (χ2n) is 4.68.